The SMILES string of the molecule is Cc1cnccc1CNC(=O)C1COCCN1.Cl. The van der Waals surface area contributed by atoms with E-state index >= 15 is 0 Å². The van der Waals surface area contributed by atoms with Gasteiger partial charge in [-0.2, -0.15) is 0 Å². The summed E-state index contributed by atoms with van der Waals surface area (Å²) >= 11 is 0. The molecule has 6 heteroatoms. The number of carbonyl (C=O) groups excluding carboxylic acids is 1. The van der Waals surface area contributed by atoms with Gasteiger partial charge in [0.15, 0.2) is 0 Å². The van der Waals surface area contributed by atoms with E-state index in [0.717, 1.165) is 17.7 Å². The largest absolute Gasteiger partial charge is 0.378 e. The van der Waals surface area contributed by atoms with Crippen LogP contribution in [-0.4, -0.2) is 36.7 Å². The summed E-state index contributed by atoms with van der Waals surface area (Å²) in [6, 6.07) is 1.69. The number of carbonyl (C=O) groups is 1. The molecule has 0 bridgehead atoms. The van der Waals surface area contributed by atoms with Crippen LogP contribution in [0.2, 0.25) is 0 Å². The van der Waals surface area contributed by atoms with Crippen molar-refractivity contribution in [3.05, 3.63) is 29.6 Å². The van der Waals surface area contributed by atoms with Crippen LogP contribution >= 0.6 is 12.4 Å². The number of morpholine rings is 1. The van der Waals surface area contributed by atoms with Crippen molar-refractivity contribution in [2.24, 2.45) is 0 Å². The van der Waals surface area contributed by atoms with Crippen LogP contribution in [0.3, 0.4) is 0 Å². The molecular weight excluding hydrogens is 254 g/mol. The number of nitrogens with zero attached hydrogens (tertiary/aromatic N) is 1. The molecular formula is C12H18ClN3O2. The van der Waals surface area contributed by atoms with Gasteiger partial charge < -0.3 is 15.4 Å². The standard InChI is InChI=1S/C12H17N3O2.ClH/c1-9-6-13-3-2-10(9)7-15-12(16)11-8-17-5-4-14-11;/h2-3,6,11,14H,4-5,7-8H2,1H3,(H,15,16);1H. The Labute approximate surface area is 113 Å². The molecule has 1 atom stereocenters. The highest BCUT2D eigenvalue weighted by atomic mass is 35.5. The summed E-state index contributed by atoms with van der Waals surface area (Å²) in [5.74, 6) is -0.0130. The lowest BCUT2D eigenvalue weighted by Gasteiger charge is -2.23. The van der Waals surface area contributed by atoms with Crippen molar-refractivity contribution in [3.63, 3.8) is 0 Å². The fourth-order valence-electron chi connectivity index (χ4n) is 1.74. The molecule has 100 valence electrons. The maximum absolute atomic E-state index is 11.8. The molecule has 0 saturated carbocycles. The molecule has 0 spiro atoms. The van der Waals surface area contributed by atoms with Crippen LogP contribution in [0.5, 0.6) is 0 Å². The molecule has 0 radical (unpaired) electrons. The fraction of sp³-hybridized carbons (Fsp3) is 0.500. The third-order valence-corrected chi connectivity index (χ3v) is 2.83. The van der Waals surface area contributed by atoms with Crippen LogP contribution in [-0.2, 0) is 16.1 Å². The maximum Gasteiger partial charge on any atom is 0.239 e. The average molecular weight is 272 g/mol. The smallest absolute Gasteiger partial charge is 0.239 e. The highest BCUT2D eigenvalue weighted by molar-refractivity contribution is 5.85. The molecule has 1 aliphatic heterocycles. The van der Waals surface area contributed by atoms with Crippen molar-refractivity contribution >= 4 is 18.3 Å². The van der Waals surface area contributed by atoms with Gasteiger partial charge in [0.05, 0.1) is 13.2 Å². The van der Waals surface area contributed by atoms with Crippen LogP contribution in [0.15, 0.2) is 18.5 Å². The minimum Gasteiger partial charge on any atom is -0.378 e. The van der Waals surface area contributed by atoms with E-state index in [-0.39, 0.29) is 24.4 Å². The number of pyridine rings is 1. The van der Waals surface area contributed by atoms with Gasteiger partial charge in [-0.3, -0.25) is 9.78 Å². The first-order valence-corrected chi connectivity index (χ1v) is 5.75. The van der Waals surface area contributed by atoms with Gasteiger partial charge in [0.1, 0.15) is 6.04 Å². The van der Waals surface area contributed by atoms with E-state index in [0.29, 0.717) is 19.8 Å². The Morgan fingerprint density at radius 1 is 1.67 bits per heavy atom. The Morgan fingerprint density at radius 3 is 3.17 bits per heavy atom. The van der Waals surface area contributed by atoms with E-state index in [4.69, 9.17) is 4.74 Å². The Bertz CT molecular complexity index is 395. The summed E-state index contributed by atoms with van der Waals surface area (Å²) < 4.78 is 5.25. The average Bonchev–Trinajstić information content (AvgIpc) is 2.38. The lowest BCUT2D eigenvalue weighted by Crippen LogP contribution is -2.51. The van der Waals surface area contributed by atoms with Crippen molar-refractivity contribution in [1.82, 2.24) is 15.6 Å². The lowest BCUT2D eigenvalue weighted by atomic mass is 10.1. The predicted octanol–water partition coefficient (Wildman–Crippen LogP) is 0.416. The summed E-state index contributed by atoms with van der Waals surface area (Å²) in [6.45, 7) is 4.36. The Balaban J connectivity index is 0.00000162. The van der Waals surface area contributed by atoms with Gasteiger partial charge in [0.2, 0.25) is 5.91 Å². The first kappa shape index (κ1) is 14.9. The molecule has 1 unspecified atom stereocenters. The van der Waals surface area contributed by atoms with E-state index in [1.54, 1.807) is 12.4 Å². The number of nitrogens with one attached hydrogen (secondary N) is 2. The molecule has 1 aromatic rings. The molecule has 1 aliphatic rings. The summed E-state index contributed by atoms with van der Waals surface area (Å²) in [4.78, 5) is 15.8. The number of aryl methyl sites for hydroxylation is 1. The number of rotatable bonds is 3. The van der Waals surface area contributed by atoms with Crippen molar-refractivity contribution < 1.29 is 9.53 Å². The monoisotopic (exact) mass is 271 g/mol. The summed E-state index contributed by atoms with van der Waals surface area (Å²) in [5, 5.41) is 6.02. The molecule has 2 heterocycles. The summed E-state index contributed by atoms with van der Waals surface area (Å²) in [6.07, 6.45) is 3.53. The highest BCUT2D eigenvalue weighted by Crippen LogP contribution is 2.04. The van der Waals surface area contributed by atoms with Crippen molar-refractivity contribution in [3.8, 4) is 0 Å². The number of halogens is 1. The Kier molecular flexibility index (Phi) is 6.04. The minimum atomic E-state index is -0.231. The second-order valence-electron chi connectivity index (χ2n) is 4.10. The van der Waals surface area contributed by atoms with Crippen LogP contribution in [0, 0.1) is 6.92 Å². The molecule has 1 aromatic heterocycles. The Hall–Kier alpha value is -1.17. The van der Waals surface area contributed by atoms with Crippen LogP contribution in [0.1, 0.15) is 11.1 Å². The van der Waals surface area contributed by atoms with Crippen molar-refractivity contribution in [2.75, 3.05) is 19.8 Å². The molecule has 1 amide bonds. The lowest BCUT2D eigenvalue weighted by molar-refractivity contribution is -0.126. The predicted molar refractivity (Wildman–Crippen MR) is 70.7 cm³/mol. The van der Waals surface area contributed by atoms with E-state index in [2.05, 4.69) is 15.6 Å². The van der Waals surface area contributed by atoms with Crippen molar-refractivity contribution in [1.29, 1.82) is 0 Å². The van der Waals surface area contributed by atoms with Gasteiger partial charge in [-0.15, -0.1) is 12.4 Å². The van der Waals surface area contributed by atoms with Crippen LogP contribution in [0.25, 0.3) is 0 Å². The van der Waals surface area contributed by atoms with E-state index in [1.165, 1.54) is 0 Å². The zero-order chi connectivity index (χ0) is 12.1. The van der Waals surface area contributed by atoms with Gasteiger partial charge in [0.25, 0.3) is 0 Å². The second kappa shape index (κ2) is 7.31. The van der Waals surface area contributed by atoms with Crippen LogP contribution in [0.4, 0.5) is 0 Å². The molecule has 2 rings (SSSR count). The maximum atomic E-state index is 11.8. The Morgan fingerprint density at radius 2 is 2.50 bits per heavy atom. The number of aromatic nitrogens is 1. The first-order chi connectivity index (χ1) is 8.27. The van der Waals surface area contributed by atoms with Crippen molar-refractivity contribution in [2.45, 2.75) is 19.5 Å². The summed E-state index contributed by atoms with van der Waals surface area (Å²) in [5.41, 5.74) is 2.17. The number of amides is 1. The third kappa shape index (κ3) is 3.94. The zero-order valence-corrected chi connectivity index (χ0v) is 11.1. The molecule has 2 N–H and O–H groups in total. The molecule has 0 aliphatic carbocycles. The normalized spacial score (nSPS) is 18.8. The van der Waals surface area contributed by atoms with Gasteiger partial charge in [-0.1, -0.05) is 0 Å². The van der Waals surface area contributed by atoms with E-state index in [9.17, 15) is 4.79 Å². The van der Waals surface area contributed by atoms with Gasteiger partial charge in [0, 0.05) is 25.5 Å². The number of hydrogen-bond donors (Lipinski definition) is 2. The third-order valence-electron chi connectivity index (χ3n) is 2.83. The summed E-state index contributed by atoms with van der Waals surface area (Å²) in [7, 11) is 0. The topological polar surface area (TPSA) is 63.2 Å². The molecule has 1 fully saturated rings. The molecule has 5 nitrogen and oxygen atoms in total. The second-order valence-corrected chi connectivity index (χ2v) is 4.10. The highest BCUT2D eigenvalue weighted by Gasteiger charge is 2.20. The molecule has 18 heavy (non-hydrogen) atoms. The van der Waals surface area contributed by atoms with Gasteiger partial charge >= 0.3 is 0 Å². The molecule has 1 saturated heterocycles. The van der Waals surface area contributed by atoms with E-state index in [1.807, 2.05) is 13.0 Å². The van der Waals surface area contributed by atoms with Crippen LogP contribution < -0.4 is 10.6 Å². The quantitative estimate of drug-likeness (QED) is 0.836. The first-order valence-electron chi connectivity index (χ1n) is 5.75. The van der Waals surface area contributed by atoms with Gasteiger partial charge in [-0.05, 0) is 24.1 Å². The minimum absolute atomic E-state index is 0. The number of ether oxygens (including phenoxy) is 1. The fourth-order valence-corrected chi connectivity index (χ4v) is 1.74. The zero-order valence-electron chi connectivity index (χ0n) is 10.3. The molecule has 0 aromatic carbocycles. The van der Waals surface area contributed by atoms with E-state index < -0.39 is 0 Å². The van der Waals surface area contributed by atoms with Gasteiger partial charge in [-0.25, -0.2) is 0 Å². The number of hydrogen-bond acceptors (Lipinski definition) is 4.